The Labute approximate surface area is 131 Å². The minimum Gasteiger partial charge on any atom is -0.354 e. The van der Waals surface area contributed by atoms with Crippen LogP contribution in [0.15, 0.2) is 24.3 Å². The minimum absolute atomic E-state index is 0.0874. The molecule has 1 heterocycles. The third-order valence-corrected chi connectivity index (χ3v) is 4.41. The standard InChI is InChI=1S/C16H24ClN3O/c1-20(2)15(13-5-3-4-6-14(13)17)11-19-16(21)12-7-9-18-10-8-12/h3-6,12,15,18H,7-11H2,1-2H3,(H,19,21). The van der Waals surface area contributed by atoms with Crippen LogP contribution in [-0.2, 0) is 4.79 Å². The molecule has 0 spiro atoms. The number of likely N-dealkylation sites (N-methyl/N-ethyl adjacent to an activating group) is 1. The van der Waals surface area contributed by atoms with Crippen LogP contribution in [0, 0.1) is 5.92 Å². The SMILES string of the molecule is CN(C)C(CNC(=O)C1CCNCC1)c1ccccc1Cl. The number of piperidine rings is 1. The smallest absolute Gasteiger partial charge is 0.223 e. The van der Waals surface area contributed by atoms with Crippen LogP contribution in [-0.4, -0.2) is 44.5 Å². The number of carbonyl (C=O) groups excluding carboxylic acids is 1. The lowest BCUT2D eigenvalue weighted by Crippen LogP contribution is -2.41. The van der Waals surface area contributed by atoms with Gasteiger partial charge in [0.05, 0.1) is 6.04 Å². The van der Waals surface area contributed by atoms with Crippen LogP contribution >= 0.6 is 11.6 Å². The molecule has 1 fully saturated rings. The Bertz CT molecular complexity index is 472. The maximum absolute atomic E-state index is 12.3. The number of nitrogens with one attached hydrogen (secondary N) is 2. The van der Waals surface area contributed by atoms with Crippen LogP contribution in [0.1, 0.15) is 24.4 Å². The number of amides is 1. The summed E-state index contributed by atoms with van der Waals surface area (Å²) in [6.07, 6.45) is 1.84. The van der Waals surface area contributed by atoms with E-state index in [1.165, 1.54) is 0 Å². The fraction of sp³-hybridized carbons (Fsp3) is 0.562. The van der Waals surface area contributed by atoms with E-state index in [-0.39, 0.29) is 17.9 Å². The number of hydrogen-bond donors (Lipinski definition) is 2. The van der Waals surface area contributed by atoms with Crippen molar-refractivity contribution in [1.82, 2.24) is 15.5 Å². The van der Waals surface area contributed by atoms with Gasteiger partial charge < -0.3 is 15.5 Å². The second-order valence-corrected chi connectivity index (χ2v) is 6.18. The maximum atomic E-state index is 12.3. The van der Waals surface area contributed by atoms with Gasteiger partial charge in [-0.05, 0) is 51.7 Å². The van der Waals surface area contributed by atoms with Gasteiger partial charge in [0.25, 0.3) is 0 Å². The van der Waals surface area contributed by atoms with E-state index in [2.05, 4.69) is 15.5 Å². The molecular weight excluding hydrogens is 286 g/mol. The summed E-state index contributed by atoms with van der Waals surface area (Å²) in [4.78, 5) is 14.3. The highest BCUT2D eigenvalue weighted by Gasteiger charge is 2.23. The second-order valence-electron chi connectivity index (χ2n) is 5.77. The molecular formula is C16H24ClN3O. The van der Waals surface area contributed by atoms with Gasteiger partial charge in [-0.2, -0.15) is 0 Å². The Morgan fingerprint density at radius 1 is 1.38 bits per heavy atom. The summed E-state index contributed by atoms with van der Waals surface area (Å²) in [5.41, 5.74) is 1.05. The van der Waals surface area contributed by atoms with Gasteiger partial charge in [-0.3, -0.25) is 4.79 Å². The molecule has 1 saturated heterocycles. The topological polar surface area (TPSA) is 44.4 Å². The van der Waals surface area contributed by atoms with E-state index in [9.17, 15) is 4.79 Å². The van der Waals surface area contributed by atoms with Crippen LogP contribution in [0.5, 0.6) is 0 Å². The lowest BCUT2D eigenvalue weighted by Gasteiger charge is -2.28. The molecule has 2 rings (SSSR count). The fourth-order valence-electron chi connectivity index (χ4n) is 2.74. The number of hydrogen-bond acceptors (Lipinski definition) is 3. The van der Waals surface area contributed by atoms with Crippen molar-refractivity contribution < 1.29 is 4.79 Å². The van der Waals surface area contributed by atoms with Crippen LogP contribution < -0.4 is 10.6 Å². The van der Waals surface area contributed by atoms with Crippen molar-refractivity contribution in [2.75, 3.05) is 33.7 Å². The van der Waals surface area contributed by atoms with Gasteiger partial charge in [-0.25, -0.2) is 0 Å². The average molecular weight is 310 g/mol. The first kappa shape index (κ1) is 16.3. The third-order valence-electron chi connectivity index (χ3n) is 4.07. The first-order chi connectivity index (χ1) is 10.1. The highest BCUT2D eigenvalue weighted by Crippen LogP contribution is 2.25. The molecule has 0 saturated carbocycles. The van der Waals surface area contributed by atoms with Gasteiger partial charge in [0.1, 0.15) is 0 Å². The molecule has 1 aromatic carbocycles. The van der Waals surface area contributed by atoms with Crippen LogP contribution in [0.3, 0.4) is 0 Å². The van der Waals surface area contributed by atoms with Crippen molar-refractivity contribution in [3.05, 3.63) is 34.9 Å². The van der Waals surface area contributed by atoms with E-state index in [1.807, 2.05) is 38.4 Å². The lowest BCUT2D eigenvalue weighted by atomic mass is 9.97. The van der Waals surface area contributed by atoms with Crippen molar-refractivity contribution in [3.63, 3.8) is 0 Å². The second kappa shape index (κ2) is 7.78. The molecule has 0 radical (unpaired) electrons. The van der Waals surface area contributed by atoms with E-state index < -0.39 is 0 Å². The van der Waals surface area contributed by atoms with Crippen LogP contribution in [0.4, 0.5) is 0 Å². The van der Waals surface area contributed by atoms with Gasteiger partial charge in [-0.1, -0.05) is 29.8 Å². The maximum Gasteiger partial charge on any atom is 0.223 e. The van der Waals surface area contributed by atoms with Crippen molar-refractivity contribution in [3.8, 4) is 0 Å². The molecule has 1 atom stereocenters. The molecule has 21 heavy (non-hydrogen) atoms. The average Bonchev–Trinajstić information content (AvgIpc) is 2.49. The summed E-state index contributed by atoms with van der Waals surface area (Å²) in [5.74, 6) is 0.302. The van der Waals surface area contributed by atoms with E-state index in [0.717, 1.165) is 36.5 Å². The zero-order valence-electron chi connectivity index (χ0n) is 12.7. The fourth-order valence-corrected chi connectivity index (χ4v) is 3.00. The number of halogens is 1. The minimum atomic E-state index is 0.0874. The van der Waals surface area contributed by atoms with Crippen LogP contribution in [0.25, 0.3) is 0 Å². The zero-order chi connectivity index (χ0) is 15.2. The highest BCUT2D eigenvalue weighted by molar-refractivity contribution is 6.31. The molecule has 0 aromatic heterocycles. The van der Waals surface area contributed by atoms with E-state index in [1.54, 1.807) is 0 Å². The molecule has 116 valence electrons. The summed E-state index contributed by atoms with van der Waals surface area (Å²) in [5, 5.41) is 7.12. The summed E-state index contributed by atoms with van der Waals surface area (Å²) >= 11 is 6.28. The Kier molecular flexibility index (Phi) is 6.03. The van der Waals surface area contributed by atoms with E-state index >= 15 is 0 Å². The Morgan fingerprint density at radius 3 is 2.67 bits per heavy atom. The molecule has 0 bridgehead atoms. The lowest BCUT2D eigenvalue weighted by molar-refractivity contribution is -0.125. The van der Waals surface area contributed by atoms with E-state index in [0.29, 0.717) is 6.54 Å². The van der Waals surface area contributed by atoms with E-state index in [4.69, 9.17) is 11.6 Å². The number of nitrogens with zero attached hydrogens (tertiary/aromatic N) is 1. The Hall–Kier alpha value is -1.10. The highest BCUT2D eigenvalue weighted by atomic mass is 35.5. The van der Waals surface area contributed by atoms with Gasteiger partial charge >= 0.3 is 0 Å². The van der Waals surface area contributed by atoms with Gasteiger partial charge in [0, 0.05) is 17.5 Å². The van der Waals surface area contributed by atoms with Gasteiger partial charge in [0.15, 0.2) is 0 Å². The Balaban J connectivity index is 1.97. The summed E-state index contributed by atoms with van der Waals surface area (Å²) < 4.78 is 0. The largest absolute Gasteiger partial charge is 0.354 e. The quantitative estimate of drug-likeness (QED) is 0.875. The number of carbonyl (C=O) groups is 1. The molecule has 1 aliphatic heterocycles. The predicted molar refractivity (Wildman–Crippen MR) is 86.5 cm³/mol. The van der Waals surface area contributed by atoms with Crippen molar-refractivity contribution in [2.24, 2.45) is 5.92 Å². The zero-order valence-corrected chi connectivity index (χ0v) is 13.5. The normalized spacial score (nSPS) is 17.7. The van der Waals surface area contributed by atoms with Gasteiger partial charge in [-0.15, -0.1) is 0 Å². The van der Waals surface area contributed by atoms with Crippen molar-refractivity contribution in [2.45, 2.75) is 18.9 Å². The molecule has 1 unspecified atom stereocenters. The molecule has 4 nitrogen and oxygen atoms in total. The number of benzene rings is 1. The first-order valence-electron chi connectivity index (χ1n) is 7.49. The molecule has 1 aromatic rings. The number of rotatable bonds is 5. The molecule has 0 aliphatic carbocycles. The first-order valence-corrected chi connectivity index (χ1v) is 7.86. The van der Waals surface area contributed by atoms with Crippen molar-refractivity contribution >= 4 is 17.5 Å². The molecule has 2 N–H and O–H groups in total. The molecule has 5 heteroatoms. The third kappa shape index (κ3) is 4.43. The monoisotopic (exact) mass is 309 g/mol. The Morgan fingerprint density at radius 2 is 2.05 bits per heavy atom. The molecule has 1 amide bonds. The van der Waals surface area contributed by atoms with Crippen LogP contribution in [0.2, 0.25) is 5.02 Å². The van der Waals surface area contributed by atoms with Crippen molar-refractivity contribution in [1.29, 1.82) is 0 Å². The summed E-state index contributed by atoms with van der Waals surface area (Å²) in [7, 11) is 4.01. The summed E-state index contributed by atoms with van der Waals surface area (Å²) in [6.45, 7) is 2.44. The molecule has 1 aliphatic rings. The predicted octanol–water partition coefficient (Wildman–Crippen LogP) is 2.06. The van der Waals surface area contributed by atoms with Gasteiger partial charge in [0.2, 0.25) is 5.91 Å². The summed E-state index contributed by atoms with van der Waals surface area (Å²) in [6, 6.07) is 7.90.